The van der Waals surface area contributed by atoms with Crippen molar-refractivity contribution in [2.45, 2.75) is 39.8 Å². The van der Waals surface area contributed by atoms with Crippen molar-refractivity contribution in [3.05, 3.63) is 22.7 Å². The molecule has 5 heteroatoms. The highest BCUT2D eigenvalue weighted by Gasteiger charge is 2.12. The van der Waals surface area contributed by atoms with E-state index in [0.29, 0.717) is 18.3 Å². The zero-order valence-corrected chi connectivity index (χ0v) is 11.8. The van der Waals surface area contributed by atoms with Crippen molar-refractivity contribution in [3.8, 4) is 0 Å². The first kappa shape index (κ1) is 14.7. The second kappa shape index (κ2) is 6.54. The molecule has 0 aliphatic heterocycles. The van der Waals surface area contributed by atoms with E-state index in [1.807, 2.05) is 18.9 Å². The van der Waals surface area contributed by atoms with Gasteiger partial charge >= 0.3 is 0 Å². The summed E-state index contributed by atoms with van der Waals surface area (Å²) in [6.45, 7) is 7.56. The lowest BCUT2D eigenvalue weighted by atomic mass is 10.0. The Hall–Kier alpha value is -1.36. The maximum absolute atomic E-state index is 12.0. The smallest absolute Gasteiger partial charge is 0.293 e. The maximum atomic E-state index is 12.0. The number of aromatic nitrogens is 2. The molecule has 1 aromatic heterocycles. The molecular formula is C13H24N4O. The molecule has 0 fully saturated rings. The van der Waals surface area contributed by atoms with Gasteiger partial charge in [0.2, 0.25) is 0 Å². The van der Waals surface area contributed by atoms with E-state index in [1.165, 1.54) is 0 Å². The lowest BCUT2D eigenvalue weighted by molar-refractivity contribution is 0.465. The Balaban J connectivity index is 2.73. The summed E-state index contributed by atoms with van der Waals surface area (Å²) < 4.78 is 1.65. The molecule has 5 nitrogen and oxygen atoms in total. The van der Waals surface area contributed by atoms with Gasteiger partial charge in [-0.3, -0.25) is 4.79 Å². The molecule has 1 rings (SSSR count). The van der Waals surface area contributed by atoms with Crippen LogP contribution >= 0.6 is 0 Å². The summed E-state index contributed by atoms with van der Waals surface area (Å²) in [6, 6.07) is 0.157. The molecule has 0 aliphatic rings. The zero-order chi connectivity index (χ0) is 13.7. The molecular weight excluding hydrogens is 228 g/mol. The quantitative estimate of drug-likeness (QED) is 0.822. The van der Waals surface area contributed by atoms with E-state index in [2.05, 4.69) is 18.8 Å². The molecule has 18 heavy (non-hydrogen) atoms. The Kier molecular flexibility index (Phi) is 5.34. The third-order valence-corrected chi connectivity index (χ3v) is 3.25. The predicted octanol–water partition coefficient (Wildman–Crippen LogP) is 1.07. The number of rotatable bonds is 6. The highest BCUT2D eigenvalue weighted by Crippen LogP contribution is 2.06. The van der Waals surface area contributed by atoms with E-state index in [1.54, 1.807) is 17.0 Å². The number of hydrogen-bond acceptors (Lipinski definition) is 4. The monoisotopic (exact) mass is 252 g/mol. The summed E-state index contributed by atoms with van der Waals surface area (Å²) in [5, 5.41) is 0. The molecule has 0 bridgehead atoms. The van der Waals surface area contributed by atoms with Gasteiger partial charge in [-0.2, -0.15) is 0 Å². The summed E-state index contributed by atoms with van der Waals surface area (Å²) in [5.41, 5.74) is 5.97. The minimum atomic E-state index is -0.0411. The normalized spacial score (nSPS) is 12.8. The highest BCUT2D eigenvalue weighted by atomic mass is 16.1. The Morgan fingerprint density at radius 3 is 2.72 bits per heavy atom. The SMILES string of the molecule is CCn1ccnc(N(C)CCC(N)C(C)C)c1=O. The molecule has 1 aromatic rings. The first-order valence-electron chi connectivity index (χ1n) is 6.49. The van der Waals surface area contributed by atoms with Crippen LogP contribution in [0.4, 0.5) is 5.82 Å². The Bertz CT molecular complexity index is 427. The van der Waals surface area contributed by atoms with Gasteiger partial charge in [-0.15, -0.1) is 0 Å². The van der Waals surface area contributed by atoms with Crippen LogP contribution in [-0.2, 0) is 6.54 Å². The fourth-order valence-electron chi connectivity index (χ4n) is 1.73. The van der Waals surface area contributed by atoms with Crippen molar-refractivity contribution >= 4 is 5.82 Å². The second-order valence-electron chi connectivity index (χ2n) is 4.96. The van der Waals surface area contributed by atoms with E-state index >= 15 is 0 Å². The first-order valence-corrected chi connectivity index (χ1v) is 6.49. The van der Waals surface area contributed by atoms with Crippen LogP contribution in [0.5, 0.6) is 0 Å². The average molecular weight is 252 g/mol. The number of aryl methyl sites for hydroxylation is 1. The highest BCUT2D eigenvalue weighted by molar-refractivity contribution is 5.34. The number of nitrogens with zero attached hydrogens (tertiary/aromatic N) is 3. The van der Waals surface area contributed by atoms with Crippen molar-refractivity contribution in [1.82, 2.24) is 9.55 Å². The van der Waals surface area contributed by atoms with E-state index in [0.717, 1.165) is 13.0 Å². The number of hydrogen-bond donors (Lipinski definition) is 1. The van der Waals surface area contributed by atoms with Gasteiger partial charge in [0.25, 0.3) is 5.56 Å². The first-order chi connectivity index (χ1) is 8.47. The lowest BCUT2D eigenvalue weighted by Gasteiger charge is -2.22. The Morgan fingerprint density at radius 2 is 2.17 bits per heavy atom. The fraction of sp³-hybridized carbons (Fsp3) is 0.692. The van der Waals surface area contributed by atoms with Crippen molar-refractivity contribution in [3.63, 3.8) is 0 Å². The molecule has 0 aliphatic carbocycles. The van der Waals surface area contributed by atoms with Crippen molar-refractivity contribution < 1.29 is 0 Å². The second-order valence-corrected chi connectivity index (χ2v) is 4.96. The zero-order valence-electron chi connectivity index (χ0n) is 11.8. The van der Waals surface area contributed by atoms with E-state index < -0.39 is 0 Å². The third-order valence-electron chi connectivity index (χ3n) is 3.25. The molecule has 0 aromatic carbocycles. The molecule has 0 saturated heterocycles. The van der Waals surface area contributed by atoms with Gasteiger partial charge in [0, 0.05) is 38.6 Å². The van der Waals surface area contributed by atoms with E-state index in [9.17, 15) is 4.79 Å². The van der Waals surface area contributed by atoms with Crippen molar-refractivity contribution in [1.29, 1.82) is 0 Å². The number of nitrogens with two attached hydrogens (primary N) is 1. The molecule has 2 N–H and O–H groups in total. The summed E-state index contributed by atoms with van der Waals surface area (Å²) in [4.78, 5) is 18.1. The van der Waals surface area contributed by atoms with Gasteiger partial charge in [0.1, 0.15) is 0 Å². The van der Waals surface area contributed by atoms with Crippen LogP contribution in [0.15, 0.2) is 17.2 Å². The Labute approximate surface area is 109 Å². The van der Waals surface area contributed by atoms with Gasteiger partial charge in [0.15, 0.2) is 5.82 Å². The van der Waals surface area contributed by atoms with Crippen molar-refractivity contribution in [2.75, 3.05) is 18.5 Å². The van der Waals surface area contributed by atoms with Crippen LogP contribution in [0.3, 0.4) is 0 Å². The molecule has 0 spiro atoms. The fourth-order valence-corrected chi connectivity index (χ4v) is 1.73. The maximum Gasteiger partial charge on any atom is 0.293 e. The molecule has 102 valence electrons. The van der Waals surface area contributed by atoms with E-state index in [-0.39, 0.29) is 11.6 Å². The minimum Gasteiger partial charge on any atom is -0.355 e. The van der Waals surface area contributed by atoms with E-state index in [4.69, 9.17) is 5.73 Å². The lowest BCUT2D eigenvalue weighted by Crippen LogP contribution is -2.35. The van der Waals surface area contributed by atoms with Crippen molar-refractivity contribution in [2.24, 2.45) is 11.7 Å². The molecule has 1 atom stereocenters. The summed E-state index contributed by atoms with van der Waals surface area (Å²) in [7, 11) is 1.89. The standard InChI is InChI=1S/C13H24N4O/c1-5-17-9-7-15-12(13(17)18)16(4)8-6-11(14)10(2)3/h7,9-11H,5-6,8,14H2,1-4H3. The van der Waals surface area contributed by atoms with Crippen LogP contribution < -0.4 is 16.2 Å². The summed E-state index contributed by atoms with van der Waals surface area (Å²) >= 11 is 0. The van der Waals surface area contributed by atoms with Gasteiger partial charge in [-0.05, 0) is 19.3 Å². The molecule has 0 saturated carbocycles. The van der Waals surface area contributed by atoms with Crippen LogP contribution in [0.1, 0.15) is 27.2 Å². The van der Waals surface area contributed by atoms with Crippen LogP contribution in [-0.4, -0.2) is 29.2 Å². The number of anilines is 1. The van der Waals surface area contributed by atoms with Gasteiger partial charge < -0.3 is 15.2 Å². The van der Waals surface area contributed by atoms with Gasteiger partial charge in [0.05, 0.1) is 0 Å². The van der Waals surface area contributed by atoms with Gasteiger partial charge in [-0.25, -0.2) is 4.98 Å². The van der Waals surface area contributed by atoms with Crippen LogP contribution in [0.2, 0.25) is 0 Å². The minimum absolute atomic E-state index is 0.0411. The molecule has 1 unspecified atom stereocenters. The van der Waals surface area contributed by atoms with Crippen LogP contribution in [0.25, 0.3) is 0 Å². The predicted molar refractivity (Wildman–Crippen MR) is 74.9 cm³/mol. The third kappa shape index (κ3) is 3.57. The summed E-state index contributed by atoms with van der Waals surface area (Å²) in [6.07, 6.45) is 4.23. The summed E-state index contributed by atoms with van der Waals surface area (Å²) in [5.74, 6) is 0.949. The average Bonchev–Trinajstić information content (AvgIpc) is 2.35. The molecule has 1 heterocycles. The largest absolute Gasteiger partial charge is 0.355 e. The molecule has 0 radical (unpaired) electrons. The topological polar surface area (TPSA) is 64.2 Å². The molecule has 0 amide bonds. The van der Waals surface area contributed by atoms with Crippen LogP contribution in [0, 0.1) is 5.92 Å². The van der Waals surface area contributed by atoms with Gasteiger partial charge in [-0.1, -0.05) is 13.8 Å². The Morgan fingerprint density at radius 1 is 1.50 bits per heavy atom.